The fourth-order valence-electron chi connectivity index (χ4n) is 4.38. The average molecular weight is 526 g/mol. The summed E-state index contributed by atoms with van der Waals surface area (Å²) in [5.74, 6) is 4.30. The Morgan fingerprint density at radius 1 is 0.923 bits per heavy atom. The van der Waals surface area contributed by atoms with Gasteiger partial charge in [-0.3, -0.25) is 19.8 Å². The van der Waals surface area contributed by atoms with E-state index in [0.717, 1.165) is 27.7 Å². The Labute approximate surface area is 228 Å². The molecule has 0 spiro atoms. The number of aromatic nitrogens is 1. The lowest BCUT2D eigenvalue weighted by Gasteiger charge is -2.21. The third-order valence-electron chi connectivity index (χ3n) is 6.64. The maximum atomic E-state index is 13.4. The van der Waals surface area contributed by atoms with Crippen LogP contribution in [-0.2, 0) is 27.8 Å². The van der Waals surface area contributed by atoms with Crippen LogP contribution in [0.4, 0.5) is 5.69 Å². The number of H-pyrrole nitrogens is 1. The molecular weight excluding hydrogens is 490 g/mol. The molecule has 8 heteroatoms. The molecule has 0 aliphatic carbocycles. The highest BCUT2D eigenvalue weighted by molar-refractivity contribution is 6.02. The fourth-order valence-corrected chi connectivity index (χ4v) is 4.38. The van der Waals surface area contributed by atoms with Crippen molar-refractivity contribution in [2.45, 2.75) is 51.5 Å². The number of rotatable bonds is 9. The zero-order valence-electron chi connectivity index (χ0n) is 22.5. The van der Waals surface area contributed by atoms with Crippen molar-refractivity contribution in [3.63, 3.8) is 0 Å². The lowest BCUT2D eigenvalue weighted by molar-refractivity contribution is -0.121. The van der Waals surface area contributed by atoms with Crippen LogP contribution < -0.4 is 21.9 Å². The predicted molar refractivity (Wildman–Crippen MR) is 154 cm³/mol. The van der Waals surface area contributed by atoms with Gasteiger partial charge in [0.1, 0.15) is 6.04 Å². The Bertz CT molecular complexity index is 1450. The fraction of sp³-hybridized carbons (Fsp3) is 0.258. The van der Waals surface area contributed by atoms with Gasteiger partial charge in [-0.2, -0.15) is 0 Å². The minimum absolute atomic E-state index is 0.0226. The number of anilines is 1. The molecule has 3 aromatic carbocycles. The van der Waals surface area contributed by atoms with Gasteiger partial charge in [0.05, 0.1) is 0 Å². The van der Waals surface area contributed by atoms with E-state index < -0.39 is 6.04 Å². The highest BCUT2D eigenvalue weighted by Gasteiger charge is 2.23. The molecule has 0 fully saturated rings. The van der Waals surface area contributed by atoms with E-state index in [4.69, 9.17) is 5.84 Å². The van der Waals surface area contributed by atoms with Crippen LogP contribution in [0.15, 0.2) is 78.9 Å². The second kappa shape index (κ2) is 12.0. The lowest BCUT2D eigenvalue weighted by atomic mass is 9.86. The second-order valence-corrected chi connectivity index (χ2v) is 10.7. The van der Waals surface area contributed by atoms with Crippen molar-refractivity contribution in [3.05, 3.63) is 101 Å². The molecule has 39 heavy (non-hydrogen) atoms. The van der Waals surface area contributed by atoms with Gasteiger partial charge in [-0.25, -0.2) is 5.84 Å². The van der Waals surface area contributed by atoms with Gasteiger partial charge in [0.15, 0.2) is 0 Å². The number of aromatic amines is 1. The van der Waals surface area contributed by atoms with E-state index in [-0.39, 0.29) is 29.6 Å². The van der Waals surface area contributed by atoms with Crippen molar-refractivity contribution in [3.8, 4) is 0 Å². The molecule has 202 valence electrons. The van der Waals surface area contributed by atoms with E-state index in [1.807, 2.05) is 60.7 Å². The smallest absolute Gasteiger partial charge is 0.251 e. The monoisotopic (exact) mass is 525 g/mol. The Morgan fingerprint density at radius 2 is 1.64 bits per heavy atom. The average Bonchev–Trinajstić information content (AvgIpc) is 3.33. The topological polar surface area (TPSA) is 129 Å². The first kappa shape index (κ1) is 27.6. The molecule has 1 aromatic heterocycles. The van der Waals surface area contributed by atoms with Gasteiger partial charge in [-0.05, 0) is 59.4 Å². The third kappa shape index (κ3) is 7.33. The van der Waals surface area contributed by atoms with E-state index in [1.165, 1.54) is 0 Å². The maximum absolute atomic E-state index is 13.4. The number of carbonyl (C=O) groups excluding carboxylic acids is 3. The molecule has 0 radical (unpaired) electrons. The second-order valence-electron chi connectivity index (χ2n) is 10.7. The number of fused-ring (bicyclic) bond motifs is 1. The number of nitrogens with one attached hydrogen (secondary N) is 4. The Morgan fingerprint density at radius 3 is 2.31 bits per heavy atom. The summed E-state index contributed by atoms with van der Waals surface area (Å²) in [6, 6.07) is 23.8. The quantitative estimate of drug-likeness (QED) is 0.126. The van der Waals surface area contributed by atoms with Crippen molar-refractivity contribution >= 4 is 34.3 Å². The van der Waals surface area contributed by atoms with Crippen LogP contribution >= 0.6 is 0 Å². The van der Waals surface area contributed by atoms with Gasteiger partial charge in [-0.15, -0.1) is 0 Å². The summed E-state index contributed by atoms with van der Waals surface area (Å²) in [4.78, 5) is 41.3. The van der Waals surface area contributed by atoms with Crippen molar-refractivity contribution in [1.82, 2.24) is 15.7 Å². The van der Waals surface area contributed by atoms with E-state index >= 15 is 0 Å². The molecule has 0 aliphatic heterocycles. The van der Waals surface area contributed by atoms with E-state index in [9.17, 15) is 14.4 Å². The molecule has 4 aromatic rings. The Kier molecular flexibility index (Phi) is 8.46. The van der Waals surface area contributed by atoms with E-state index in [2.05, 4.69) is 41.8 Å². The van der Waals surface area contributed by atoms with Crippen molar-refractivity contribution in [2.75, 3.05) is 5.32 Å². The normalized spacial score (nSPS) is 12.1. The van der Waals surface area contributed by atoms with Crippen molar-refractivity contribution in [1.29, 1.82) is 0 Å². The van der Waals surface area contributed by atoms with Crippen LogP contribution in [0, 0.1) is 0 Å². The minimum Gasteiger partial charge on any atom is -0.358 e. The molecule has 3 amide bonds. The van der Waals surface area contributed by atoms with Gasteiger partial charge < -0.3 is 15.6 Å². The van der Waals surface area contributed by atoms with Crippen LogP contribution in [-0.4, -0.2) is 28.7 Å². The summed E-state index contributed by atoms with van der Waals surface area (Å²) in [5, 5.41) is 6.79. The molecule has 4 rings (SSSR count). The standard InChI is InChI=1S/C31H35N5O3/c1-31(2,3)23-11-9-21(10-12-23)29(38)35-27(17-20-7-5-4-6-8-20)30(39)34-25-13-15-26-22(19-25)18-24(33-26)14-16-28(37)36-32/h4-13,15,18-19,27,33H,14,16-17,32H2,1-3H3,(H,34,39)(H,35,38)(H,36,37). The first-order chi connectivity index (χ1) is 18.6. The van der Waals surface area contributed by atoms with Gasteiger partial charge >= 0.3 is 0 Å². The van der Waals surface area contributed by atoms with Crippen LogP contribution in [0.1, 0.15) is 54.4 Å². The van der Waals surface area contributed by atoms with Gasteiger partial charge in [0, 0.05) is 40.7 Å². The molecule has 1 atom stereocenters. The van der Waals surface area contributed by atoms with Crippen molar-refractivity contribution < 1.29 is 14.4 Å². The van der Waals surface area contributed by atoms with Crippen LogP contribution in [0.2, 0.25) is 0 Å². The number of hydrogen-bond donors (Lipinski definition) is 5. The summed E-state index contributed by atoms with van der Waals surface area (Å²) < 4.78 is 0. The molecule has 1 heterocycles. The molecule has 0 saturated heterocycles. The first-order valence-electron chi connectivity index (χ1n) is 13.0. The molecular formula is C31H35N5O3. The number of nitrogens with two attached hydrogens (primary N) is 1. The molecule has 1 unspecified atom stereocenters. The molecule has 0 saturated carbocycles. The summed E-state index contributed by atoms with van der Waals surface area (Å²) in [7, 11) is 0. The van der Waals surface area contributed by atoms with E-state index in [1.54, 1.807) is 18.2 Å². The Balaban J connectivity index is 1.50. The van der Waals surface area contributed by atoms with Crippen LogP contribution in [0.5, 0.6) is 0 Å². The molecule has 6 N–H and O–H groups in total. The highest BCUT2D eigenvalue weighted by Crippen LogP contribution is 2.23. The highest BCUT2D eigenvalue weighted by atomic mass is 16.2. The zero-order chi connectivity index (χ0) is 28.0. The number of carbonyl (C=O) groups is 3. The molecule has 0 bridgehead atoms. The summed E-state index contributed by atoms with van der Waals surface area (Å²) in [6.07, 6.45) is 1.13. The van der Waals surface area contributed by atoms with Crippen LogP contribution in [0.25, 0.3) is 10.9 Å². The molecule has 0 aliphatic rings. The summed E-state index contributed by atoms with van der Waals surface area (Å²) in [6.45, 7) is 6.36. The number of benzene rings is 3. The Hall–Kier alpha value is -4.43. The van der Waals surface area contributed by atoms with Gasteiger partial charge in [0.25, 0.3) is 5.91 Å². The predicted octanol–water partition coefficient (Wildman–Crippen LogP) is 4.37. The number of hydrazine groups is 1. The third-order valence-corrected chi connectivity index (χ3v) is 6.64. The van der Waals surface area contributed by atoms with Crippen LogP contribution in [0.3, 0.4) is 0 Å². The van der Waals surface area contributed by atoms with Gasteiger partial charge in [-0.1, -0.05) is 63.2 Å². The van der Waals surface area contributed by atoms with E-state index in [0.29, 0.717) is 24.1 Å². The number of aryl methyl sites for hydroxylation is 1. The summed E-state index contributed by atoms with van der Waals surface area (Å²) >= 11 is 0. The summed E-state index contributed by atoms with van der Waals surface area (Å²) in [5.41, 5.74) is 7.07. The van der Waals surface area contributed by atoms with Gasteiger partial charge in [0.2, 0.25) is 11.8 Å². The SMILES string of the molecule is CC(C)(C)c1ccc(C(=O)NC(Cc2ccccc2)C(=O)Nc2ccc3[nH]c(CCC(=O)NN)cc3c2)cc1. The lowest BCUT2D eigenvalue weighted by Crippen LogP contribution is -2.45. The first-order valence-corrected chi connectivity index (χ1v) is 13.0. The number of amides is 3. The minimum atomic E-state index is -0.783. The number of hydrogen-bond acceptors (Lipinski definition) is 4. The maximum Gasteiger partial charge on any atom is 0.251 e. The van der Waals surface area contributed by atoms with Crippen molar-refractivity contribution in [2.24, 2.45) is 5.84 Å². The zero-order valence-corrected chi connectivity index (χ0v) is 22.5. The molecule has 8 nitrogen and oxygen atoms in total. The largest absolute Gasteiger partial charge is 0.358 e.